The molecule has 1 N–H and O–H groups in total. The summed E-state index contributed by atoms with van der Waals surface area (Å²) in [4.78, 5) is 20.0. The molecule has 2 aromatic carbocycles. The van der Waals surface area contributed by atoms with Crippen LogP contribution in [-0.2, 0) is 0 Å². The number of carbonyl (C=O) groups excluding carboxylic acids is 1. The first-order valence-electron chi connectivity index (χ1n) is 9.20. The summed E-state index contributed by atoms with van der Waals surface area (Å²) in [5.41, 5.74) is 2.50. The Balaban J connectivity index is 1.33. The number of H-pyrrole nitrogens is 1. The largest absolute Gasteiger partial charge is 0.351 e. The molecule has 0 saturated carbocycles. The number of fused-ring (bicyclic) bond motifs is 1. The third-order valence-corrected chi connectivity index (χ3v) is 4.95. The predicted molar refractivity (Wildman–Crippen MR) is 106 cm³/mol. The van der Waals surface area contributed by atoms with E-state index in [1.807, 2.05) is 23.1 Å². The first kappa shape index (κ1) is 17.5. The summed E-state index contributed by atoms with van der Waals surface area (Å²) >= 11 is 0. The molecule has 0 atom stereocenters. The molecule has 5 heteroatoms. The normalized spacial score (nSPS) is 15.7. The van der Waals surface area contributed by atoms with Crippen molar-refractivity contribution in [1.82, 2.24) is 14.8 Å². The lowest BCUT2D eigenvalue weighted by molar-refractivity contribution is 0.0645. The molecule has 138 valence electrons. The van der Waals surface area contributed by atoms with Gasteiger partial charge in [-0.25, -0.2) is 4.39 Å². The average Bonchev–Trinajstić information content (AvgIpc) is 3.12. The number of nitrogens with zero attached hydrogens (tertiary/aromatic N) is 2. The lowest BCUT2D eigenvalue weighted by Crippen LogP contribution is -2.48. The molecule has 0 aliphatic carbocycles. The van der Waals surface area contributed by atoms with Gasteiger partial charge in [0.1, 0.15) is 11.5 Å². The van der Waals surface area contributed by atoms with E-state index in [4.69, 9.17) is 0 Å². The average molecular weight is 363 g/mol. The van der Waals surface area contributed by atoms with E-state index >= 15 is 0 Å². The number of aromatic nitrogens is 1. The van der Waals surface area contributed by atoms with E-state index < -0.39 is 0 Å². The number of rotatable bonds is 4. The second kappa shape index (κ2) is 7.76. The zero-order valence-electron chi connectivity index (χ0n) is 15.1. The first-order valence-corrected chi connectivity index (χ1v) is 9.20. The Morgan fingerprint density at radius 1 is 1.04 bits per heavy atom. The Morgan fingerprint density at radius 2 is 1.81 bits per heavy atom. The first-order chi connectivity index (χ1) is 13.2. The van der Waals surface area contributed by atoms with Crippen LogP contribution in [0, 0.1) is 5.82 Å². The number of hydrogen-bond donors (Lipinski definition) is 1. The number of amides is 1. The fourth-order valence-corrected chi connectivity index (χ4v) is 3.42. The zero-order valence-corrected chi connectivity index (χ0v) is 15.1. The molecule has 0 radical (unpaired) electrons. The van der Waals surface area contributed by atoms with Crippen molar-refractivity contribution in [2.24, 2.45) is 0 Å². The maximum Gasteiger partial charge on any atom is 0.270 e. The number of nitrogens with one attached hydrogen (secondary N) is 1. The van der Waals surface area contributed by atoms with Gasteiger partial charge >= 0.3 is 0 Å². The molecule has 4 rings (SSSR count). The molecule has 3 aromatic rings. The fourth-order valence-electron chi connectivity index (χ4n) is 3.42. The molecule has 4 nitrogen and oxygen atoms in total. The maximum atomic E-state index is 13.3. The van der Waals surface area contributed by atoms with Crippen molar-refractivity contribution in [1.29, 1.82) is 0 Å². The van der Waals surface area contributed by atoms with Crippen LogP contribution < -0.4 is 0 Å². The van der Waals surface area contributed by atoms with Crippen molar-refractivity contribution in [2.45, 2.75) is 0 Å². The van der Waals surface area contributed by atoms with Gasteiger partial charge in [-0.2, -0.15) is 0 Å². The maximum absolute atomic E-state index is 13.3. The standard InChI is InChI=1S/C22H22FN3O/c23-19-8-9-20-18(15-19)16-21(24-20)22(27)26-13-11-25(12-14-26)10-4-7-17-5-2-1-3-6-17/h1-9,15-16,24H,10-14H2/b7-4+. The van der Waals surface area contributed by atoms with Crippen LogP contribution in [0.3, 0.4) is 0 Å². The van der Waals surface area contributed by atoms with Gasteiger partial charge in [0.05, 0.1) is 0 Å². The van der Waals surface area contributed by atoms with Crippen molar-refractivity contribution in [3.05, 3.63) is 77.7 Å². The predicted octanol–water partition coefficient (Wildman–Crippen LogP) is 3.78. The van der Waals surface area contributed by atoms with Gasteiger partial charge in [-0.3, -0.25) is 9.69 Å². The Labute approximate surface area is 157 Å². The Bertz CT molecular complexity index is 956. The highest BCUT2D eigenvalue weighted by atomic mass is 19.1. The fraction of sp³-hybridized carbons (Fsp3) is 0.227. The summed E-state index contributed by atoms with van der Waals surface area (Å²) in [6.07, 6.45) is 4.29. The SMILES string of the molecule is O=C(c1cc2cc(F)ccc2[nH]1)N1CCN(C/C=C/c2ccccc2)CC1. The number of aromatic amines is 1. The minimum Gasteiger partial charge on any atom is -0.351 e. The Hall–Kier alpha value is -2.92. The van der Waals surface area contributed by atoms with Gasteiger partial charge < -0.3 is 9.88 Å². The molecule has 1 aromatic heterocycles. The van der Waals surface area contributed by atoms with Crippen LogP contribution in [0.15, 0.2) is 60.7 Å². The summed E-state index contributed by atoms with van der Waals surface area (Å²) in [6, 6.07) is 16.5. The minimum absolute atomic E-state index is 0.0221. The van der Waals surface area contributed by atoms with E-state index in [2.05, 4.69) is 34.2 Å². The van der Waals surface area contributed by atoms with Crippen molar-refractivity contribution in [3.63, 3.8) is 0 Å². The van der Waals surface area contributed by atoms with Crippen LogP contribution in [0.25, 0.3) is 17.0 Å². The molecule has 0 unspecified atom stereocenters. The highest BCUT2D eigenvalue weighted by Crippen LogP contribution is 2.18. The summed E-state index contributed by atoms with van der Waals surface area (Å²) in [6.45, 7) is 3.96. The molecular weight excluding hydrogens is 341 g/mol. The molecule has 27 heavy (non-hydrogen) atoms. The molecule has 1 amide bonds. The summed E-state index contributed by atoms with van der Waals surface area (Å²) < 4.78 is 13.3. The molecule has 2 heterocycles. The van der Waals surface area contributed by atoms with E-state index in [9.17, 15) is 9.18 Å². The van der Waals surface area contributed by atoms with Gasteiger partial charge in [-0.05, 0) is 29.8 Å². The summed E-state index contributed by atoms with van der Waals surface area (Å²) in [5.74, 6) is -0.316. The van der Waals surface area contributed by atoms with E-state index in [0.29, 0.717) is 18.8 Å². The van der Waals surface area contributed by atoms with Crippen molar-refractivity contribution in [3.8, 4) is 0 Å². The van der Waals surface area contributed by atoms with Gasteiger partial charge in [-0.15, -0.1) is 0 Å². The van der Waals surface area contributed by atoms with Crippen LogP contribution in [0.4, 0.5) is 4.39 Å². The lowest BCUT2D eigenvalue weighted by atomic mass is 10.2. The number of piperazine rings is 1. The smallest absolute Gasteiger partial charge is 0.270 e. The van der Waals surface area contributed by atoms with Gasteiger partial charge in [0.25, 0.3) is 5.91 Å². The van der Waals surface area contributed by atoms with Crippen molar-refractivity contribution in [2.75, 3.05) is 32.7 Å². The van der Waals surface area contributed by atoms with Crippen LogP contribution in [0.1, 0.15) is 16.1 Å². The number of carbonyl (C=O) groups is 1. The van der Waals surface area contributed by atoms with Crippen LogP contribution in [0.2, 0.25) is 0 Å². The van der Waals surface area contributed by atoms with Gasteiger partial charge in [-0.1, -0.05) is 42.5 Å². The van der Waals surface area contributed by atoms with E-state index in [-0.39, 0.29) is 11.7 Å². The third-order valence-electron chi connectivity index (χ3n) is 4.95. The molecule has 1 aliphatic heterocycles. The highest BCUT2D eigenvalue weighted by molar-refractivity contribution is 5.98. The third kappa shape index (κ3) is 4.09. The number of benzene rings is 2. The molecule has 0 bridgehead atoms. The van der Waals surface area contributed by atoms with Crippen molar-refractivity contribution >= 4 is 22.9 Å². The summed E-state index contributed by atoms with van der Waals surface area (Å²) in [7, 11) is 0. The Morgan fingerprint density at radius 3 is 2.59 bits per heavy atom. The quantitative estimate of drug-likeness (QED) is 0.766. The minimum atomic E-state index is -0.294. The molecule has 1 fully saturated rings. The number of halogens is 1. The molecular formula is C22H22FN3O. The van der Waals surface area contributed by atoms with E-state index in [0.717, 1.165) is 30.5 Å². The van der Waals surface area contributed by atoms with Gasteiger partial charge in [0.2, 0.25) is 0 Å². The van der Waals surface area contributed by atoms with E-state index in [1.165, 1.54) is 17.7 Å². The van der Waals surface area contributed by atoms with Gasteiger partial charge in [0, 0.05) is 43.6 Å². The highest BCUT2D eigenvalue weighted by Gasteiger charge is 2.22. The van der Waals surface area contributed by atoms with Crippen LogP contribution in [-0.4, -0.2) is 53.4 Å². The second-order valence-electron chi connectivity index (χ2n) is 6.82. The molecule has 1 saturated heterocycles. The van der Waals surface area contributed by atoms with Crippen LogP contribution >= 0.6 is 0 Å². The zero-order chi connectivity index (χ0) is 18.6. The second-order valence-corrected chi connectivity index (χ2v) is 6.82. The Kier molecular flexibility index (Phi) is 5.03. The van der Waals surface area contributed by atoms with Gasteiger partial charge in [0.15, 0.2) is 0 Å². The summed E-state index contributed by atoms with van der Waals surface area (Å²) in [5, 5.41) is 0.725. The number of hydrogen-bond acceptors (Lipinski definition) is 2. The molecule has 0 spiro atoms. The monoisotopic (exact) mass is 363 g/mol. The topological polar surface area (TPSA) is 39.3 Å². The van der Waals surface area contributed by atoms with Crippen LogP contribution in [0.5, 0.6) is 0 Å². The lowest BCUT2D eigenvalue weighted by Gasteiger charge is -2.33. The van der Waals surface area contributed by atoms with E-state index in [1.54, 1.807) is 12.1 Å². The molecule has 1 aliphatic rings. The van der Waals surface area contributed by atoms with Crippen molar-refractivity contribution < 1.29 is 9.18 Å².